The molecule has 2 aromatic rings. The van der Waals surface area contributed by atoms with Gasteiger partial charge < -0.3 is 10.2 Å². The molecule has 0 unspecified atom stereocenters. The molecule has 0 radical (unpaired) electrons. The standard InChI is InChI=1S/C18H22N2S/c1-13-9-14(2)11-17(10-13)19-18(21)20(4)12-16-8-6-5-7-15(16)3/h5-11H,12H2,1-4H3,(H,19,21). The van der Waals surface area contributed by atoms with Crippen LogP contribution in [0, 0.1) is 20.8 Å². The SMILES string of the molecule is Cc1cc(C)cc(NC(=S)N(C)Cc2ccccc2C)c1. The largest absolute Gasteiger partial charge is 0.348 e. The highest BCUT2D eigenvalue weighted by molar-refractivity contribution is 7.80. The van der Waals surface area contributed by atoms with Crippen molar-refractivity contribution in [3.63, 3.8) is 0 Å². The Kier molecular flexibility index (Phi) is 4.97. The van der Waals surface area contributed by atoms with Crippen molar-refractivity contribution in [2.45, 2.75) is 27.3 Å². The third-order valence-corrected chi connectivity index (χ3v) is 3.90. The van der Waals surface area contributed by atoms with E-state index in [4.69, 9.17) is 12.2 Å². The fourth-order valence-corrected chi connectivity index (χ4v) is 2.56. The van der Waals surface area contributed by atoms with Crippen LogP contribution in [0.15, 0.2) is 42.5 Å². The van der Waals surface area contributed by atoms with Crippen molar-refractivity contribution in [1.29, 1.82) is 0 Å². The molecule has 0 aromatic heterocycles. The van der Waals surface area contributed by atoms with E-state index >= 15 is 0 Å². The first-order valence-electron chi connectivity index (χ1n) is 7.10. The topological polar surface area (TPSA) is 15.3 Å². The molecule has 21 heavy (non-hydrogen) atoms. The van der Waals surface area contributed by atoms with E-state index in [-0.39, 0.29) is 0 Å². The highest BCUT2D eigenvalue weighted by Gasteiger charge is 2.07. The van der Waals surface area contributed by atoms with Crippen molar-refractivity contribution in [2.24, 2.45) is 0 Å². The molecule has 2 nitrogen and oxygen atoms in total. The third kappa shape index (κ3) is 4.30. The Hall–Kier alpha value is -1.87. The Labute approximate surface area is 132 Å². The van der Waals surface area contributed by atoms with Crippen LogP contribution < -0.4 is 5.32 Å². The number of aryl methyl sites for hydroxylation is 3. The molecule has 110 valence electrons. The van der Waals surface area contributed by atoms with Crippen molar-refractivity contribution >= 4 is 23.0 Å². The van der Waals surface area contributed by atoms with Crippen LogP contribution in [0.1, 0.15) is 22.3 Å². The molecule has 0 atom stereocenters. The summed E-state index contributed by atoms with van der Waals surface area (Å²) in [5.74, 6) is 0. The molecule has 0 heterocycles. The molecule has 3 heteroatoms. The van der Waals surface area contributed by atoms with E-state index < -0.39 is 0 Å². The summed E-state index contributed by atoms with van der Waals surface area (Å²) in [4.78, 5) is 2.06. The normalized spacial score (nSPS) is 10.3. The van der Waals surface area contributed by atoms with Gasteiger partial charge in [-0.2, -0.15) is 0 Å². The van der Waals surface area contributed by atoms with Gasteiger partial charge in [-0.25, -0.2) is 0 Å². The first-order valence-corrected chi connectivity index (χ1v) is 7.51. The van der Waals surface area contributed by atoms with Crippen molar-refractivity contribution in [2.75, 3.05) is 12.4 Å². The summed E-state index contributed by atoms with van der Waals surface area (Å²) in [6, 6.07) is 14.8. The zero-order valence-electron chi connectivity index (χ0n) is 13.1. The van der Waals surface area contributed by atoms with E-state index in [1.807, 2.05) is 7.05 Å². The molecule has 2 aromatic carbocycles. The summed E-state index contributed by atoms with van der Waals surface area (Å²) in [5.41, 5.74) is 6.11. The maximum absolute atomic E-state index is 5.50. The van der Waals surface area contributed by atoms with Gasteiger partial charge in [0, 0.05) is 19.3 Å². The van der Waals surface area contributed by atoms with Gasteiger partial charge in [0.15, 0.2) is 5.11 Å². The average Bonchev–Trinajstić information content (AvgIpc) is 2.40. The fourth-order valence-electron chi connectivity index (χ4n) is 2.38. The van der Waals surface area contributed by atoms with E-state index in [1.165, 1.54) is 22.3 Å². The molecule has 0 aliphatic carbocycles. The van der Waals surface area contributed by atoms with Crippen LogP contribution in [0.5, 0.6) is 0 Å². The molecular weight excluding hydrogens is 276 g/mol. The fraction of sp³-hybridized carbons (Fsp3) is 0.278. The molecule has 0 amide bonds. The van der Waals surface area contributed by atoms with Crippen LogP contribution in [0.3, 0.4) is 0 Å². The lowest BCUT2D eigenvalue weighted by Crippen LogP contribution is -2.30. The highest BCUT2D eigenvalue weighted by atomic mass is 32.1. The van der Waals surface area contributed by atoms with Crippen LogP contribution in [0.4, 0.5) is 5.69 Å². The minimum Gasteiger partial charge on any atom is -0.348 e. The number of anilines is 1. The Morgan fingerprint density at radius 1 is 1.05 bits per heavy atom. The van der Waals surface area contributed by atoms with E-state index in [2.05, 4.69) is 73.5 Å². The second-order valence-corrected chi connectivity index (χ2v) is 5.98. The zero-order valence-corrected chi connectivity index (χ0v) is 13.9. The molecule has 0 saturated carbocycles. The number of benzene rings is 2. The second-order valence-electron chi connectivity index (χ2n) is 5.59. The van der Waals surface area contributed by atoms with Crippen LogP contribution >= 0.6 is 12.2 Å². The Morgan fingerprint density at radius 2 is 1.67 bits per heavy atom. The second kappa shape index (κ2) is 6.72. The van der Waals surface area contributed by atoms with Crippen molar-refractivity contribution < 1.29 is 0 Å². The van der Waals surface area contributed by atoms with Gasteiger partial charge in [-0.15, -0.1) is 0 Å². The lowest BCUT2D eigenvalue weighted by Gasteiger charge is -2.22. The molecule has 2 rings (SSSR count). The number of hydrogen-bond acceptors (Lipinski definition) is 1. The van der Waals surface area contributed by atoms with E-state index in [9.17, 15) is 0 Å². The van der Waals surface area contributed by atoms with Gasteiger partial charge in [0.2, 0.25) is 0 Å². The van der Waals surface area contributed by atoms with Gasteiger partial charge >= 0.3 is 0 Å². The zero-order chi connectivity index (χ0) is 15.4. The van der Waals surface area contributed by atoms with Crippen molar-refractivity contribution in [3.05, 3.63) is 64.7 Å². The number of rotatable bonds is 3. The van der Waals surface area contributed by atoms with Gasteiger partial charge in [0.25, 0.3) is 0 Å². The number of nitrogens with one attached hydrogen (secondary N) is 1. The minimum absolute atomic E-state index is 0.739. The molecule has 0 aliphatic rings. The average molecular weight is 298 g/mol. The maximum Gasteiger partial charge on any atom is 0.173 e. The molecular formula is C18H22N2S. The quantitative estimate of drug-likeness (QED) is 0.843. The molecule has 0 fully saturated rings. The van der Waals surface area contributed by atoms with E-state index in [0.29, 0.717) is 0 Å². The number of thiocarbonyl (C=S) groups is 1. The summed E-state index contributed by atoms with van der Waals surface area (Å²) in [6.45, 7) is 7.13. The summed E-state index contributed by atoms with van der Waals surface area (Å²) in [7, 11) is 2.02. The molecule has 0 aliphatic heterocycles. The summed E-state index contributed by atoms with van der Waals surface area (Å²) in [5, 5.41) is 4.06. The summed E-state index contributed by atoms with van der Waals surface area (Å²) < 4.78 is 0. The van der Waals surface area contributed by atoms with Crippen molar-refractivity contribution in [1.82, 2.24) is 4.90 Å². The van der Waals surface area contributed by atoms with Crippen molar-refractivity contribution in [3.8, 4) is 0 Å². The Morgan fingerprint density at radius 3 is 2.29 bits per heavy atom. The van der Waals surface area contributed by atoms with E-state index in [1.54, 1.807) is 0 Å². The predicted octanol–water partition coefficient (Wildman–Crippen LogP) is 4.44. The Bertz CT molecular complexity index is 629. The third-order valence-electron chi connectivity index (χ3n) is 3.49. The predicted molar refractivity (Wildman–Crippen MR) is 94.8 cm³/mol. The Balaban J connectivity index is 2.04. The van der Waals surface area contributed by atoms with Gasteiger partial charge in [0.05, 0.1) is 0 Å². The van der Waals surface area contributed by atoms with Gasteiger partial charge in [-0.1, -0.05) is 30.3 Å². The monoisotopic (exact) mass is 298 g/mol. The summed E-state index contributed by atoms with van der Waals surface area (Å²) >= 11 is 5.50. The molecule has 0 bridgehead atoms. The molecule has 0 saturated heterocycles. The van der Waals surface area contributed by atoms with Crippen LogP contribution in [0.25, 0.3) is 0 Å². The highest BCUT2D eigenvalue weighted by Crippen LogP contribution is 2.15. The smallest absolute Gasteiger partial charge is 0.173 e. The van der Waals surface area contributed by atoms with Crippen LogP contribution in [0.2, 0.25) is 0 Å². The lowest BCUT2D eigenvalue weighted by molar-refractivity contribution is 0.507. The summed E-state index contributed by atoms with van der Waals surface area (Å²) in [6.07, 6.45) is 0. The van der Waals surface area contributed by atoms with Gasteiger partial charge in [0.1, 0.15) is 0 Å². The molecule has 1 N–H and O–H groups in total. The number of nitrogens with zero attached hydrogens (tertiary/aromatic N) is 1. The van der Waals surface area contributed by atoms with Gasteiger partial charge in [-0.05, 0) is 67.4 Å². The van der Waals surface area contributed by atoms with Crippen LogP contribution in [-0.2, 0) is 6.54 Å². The minimum atomic E-state index is 0.739. The van der Waals surface area contributed by atoms with E-state index in [0.717, 1.165) is 17.3 Å². The lowest BCUT2D eigenvalue weighted by atomic mass is 10.1. The molecule has 0 spiro atoms. The number of hydrogen-bond donors (Lipinski definition) is 1. The van der Waals surface area contributed by atoms with Gasteiger partial charge in [-0.3, -0.25) is 0 Å². The van der Waals surface area contributed by atoms with Crippen LogP contribution in [-0.4, -0.2) is 17.1 Å². The first kappa shape index (κ1) is 15.5. The first-order chi connectivity index (χ1) is 9.95. The maximum atomic E-state index is 5.50.